The molecule has 2 aromatic carbocycles. The number of likely N-dealkylation sites (N-methyl/N-ethyl adjacent to an activating group) is 1. The number of hydrogen-bond donors (Lipinski definition) is 1. The number of ether oxygens (including phenoxy) is 1. The van der Waals surface area contributed by atoms with Crippen LogP contribution in [0.5, 0.6) is 0 Å². The third-order valence-corrected chi connectivity index (χ3v) is 6.94. The predicted octanol–water partition coefficient (Wildman–Crippen LogP) is 3.08. The Morgan fingerprint density at radius 3 is 2.39 bits per heavy atom. The summed E-state index contributed by atoms with van der Waals surface area (Å²) in [6, 6.07) is 14.9. The minimum Gasteiger partial charge on any atom is -0.466 e. The molecule has 1 atom stereocenters. The number of nitrogens with zero attached hydrogens (tertiary/aromatic N) is 2. The number of anilines is 2. The van der Waals surface area contributed by atoms with Crippen LogP contribution in [0.15, 0.2) is 71.2 Å². The third-order valence-electron chi connectivity index (χ3n) is 6.94. The first-order valence-electron chi connectivity index (χ1n) is 10.9. The Labute approximate surface area is 192 Å². The maximum absolute atomic E-state index is 14.0. The standard InChI is InChI=1S/C26H25N3O4/c1-15-9-4-6-11-17(15)29-19-13-8-14-20(30)21(19)26(22(23(29)27)24(31)33-3)16-10-5-7-12-18(16)28(2)25(26)32/h4-7,9-12H,8,13-14,27H2,1-3H3. The molecule has 7 heteroatoms. The molecule has 5 rings (SSSR count). The molecular weight excluding hydrogens is 418 g/mol. The van der Waals surface area contributed by atoms with E-state index in [9.17, 15) is 14.4 Å². The van der Waals surface area contributed by atoms with Crippen molar-refractivity contribution in [2.24, 2.45) is 5.73 Å². The summed E-state index contributed by atoms with van der Waals surface area (Å²) in [5.74, 6) is -1.14. The van der Waals surface area contributed by atoms with Gasteiger partial charge >= 0.3 is 5.97 Å². The maximum atomic E-state index is 14.0. The molecule has 2 aromatic rings. The Morgan fingerprint density at radius 2 is 1.70 bits per heavy atom. The summed E-state index contributed by atoms with van der Waals surface area (Å²) in [6.45, 7) is 1.94. The minimum absolute atomic E-state index is 0.0101. The fourth-order valence-electron chi connectivity index (χ4n) is 5.54. The number of ketones is 1. The Kier molecular flexibility index (Phi) is 4.67. The van der Waals surface area contributed by atoms with E-state index in [4.69, 9.17) is 10.5 Å². The zero-order chi connectivity index (χ0) is 23.5. The van der Waals surface area contributed by atoms with E-state index in [2.05, 4.69) is 0 Å². The Balaban J connectivity index is 1.95. The van der Waals surface area contributed by atoms with Crippen LogP contribution in [-0.4, -0.2) is 31.8 Å². The van der Waals surface area contributed by atoms with Crippen LogP contribution in [0.1, 0.15) is 30.4 Å². The number of rotatable bonds is 2. The first-order chi connectivity index (χ1) is 15.9. The van der Waals surface area contributed by atoms with Crippen LogP contribution in [0.4, 0.5) is 11.4 Å². The number of nitrogens with two attached hydrogens (primary N) is 1. The van der Waals surface area contributed by atoms with E-state index in [1.807, 2.05) is 43.3 Å². The number of amides is 1. The average molecular weight is 444 g/mol. The molecule has 3 aliphatic rings. The monoisotopic (exact) mass is 443 g/mol. The number of carbonyl (C=O) groups is 3. The molecule has 1 spiro atoms. The van der Waals surface area contributed by atoms with Crippen molar-refractivity contribution < 1.29 is 19.1 Å². The van der Waals surface area contributed by atoms with Crippen molar-refractivity contribution in [2.45, 2.75) is 31.6 Å². The number of fused-ring (bicyclic) bond motifs is 3. The van der Waals surface area contributed by atoms with E-state index in [0.29, 0.717) is 41.8 Å². The van der Waals surface area contributed by atoms with Gasteiger partial charge in [0.05, 0.1) is 12.8 Å². The van der Waals surface area contributed by atoms with Crippen molar-refractivity contribution in [1.82, 2.24) is 0 Å². The number of Topliss-reactive ketones (excluding diaryl/α,β-unsaturated/α-hetero) is 1. The first kappa shape index (κ1) is 21.0. The Morgan fingerprint density at radius 1 is 1.03 bits per heavy atom. The number of esters is 1. The zero-order valence-electron chi connectivity index (χ0n) is 18.8. The van der Waals surface area contributed by atoms with Gasteiger partial charge < -0.3 is 15.4 Å². The van der Waals surface area contributed by atoms with Crippen LogP contribution < -0.4 is 15.5 Å². The Bertz CT molecular complexity index is 1290. The molecule has 2 N–H and O–H groups in total. The lowest BCUT2D eigenvalue weighted by Gasteiger charge is -2.45. The lowest BCUT2D eigenvalue weighted by atomic mass is 9.63. The van der Waals surface area contributed by atoms with E-state index >= 15 is 0 Å². The van der Waals surface area contributed by atoms with Gasteiger partial charge in [0.2, 0.25) is 5.91 Å². The fourth-order valence-corrected chi connectivity index (χ4v) is 5.54. The molecule has 7 nitrogen and oxygen atoms in total. The normalized spacial score (nSPS) is 22.2. The molecule has 0 fully saturated rings. The largest absolute Gasteiger partial charge is 0.466 e. The van der Waals surface area contributed by atoms with Gasteiger partial charge in [-0.1, -0.05) is 36.4 Å². The number of methoxy groups -OCH3 is 1. The summed E-state index contributed by atoms with van der Waals surface area (Å²) in [6.07, 6.45) is 1.50. The summed E-state index contributed by atoms with van der Waals surface area (Å²) >= 11 is 0. The highest BCUT2D eigenvalue weighted by atomic mass is 16.5. The predicted molar refractivity (Wildman–Crippen MR) is 124 cm³/mol. The summed E-state index contributed by atoms with van der Waals surface area (Å²) in [5.41, 5.74) is 9.04. The Hall–Kier alpha value is -3.87. The highest BCUT2D eigenvalue weighted by molar-refractivity contribution is 6.24. The third kappa shape index (κ3) is 2.59. The van der Waals surface area contributed by atoms with Crippen molar-refractivity contribution in [3.63, 3.8) is 0 Å². The van der Waals surface area contributed by atoms with Gasteiger partial charge in [0.25, 0.3) is 0 Å². The van der Waals surface area contributed by atoms with E-state index in [1.54, 1.807) is 24.1 Å². The van der Waals surface area contributed by atoms with E-state index < -0.39 is 11.4 Å². The van der Waals surface area contributed by atoms with Gasteiger partial charge in [-0.3, -0.25) is 14.5 Å². The van der Waals surface area contributed by atoms with Crippen molar-refractivity contribution in [1.29, 1.82) is 0 Å². The second-order valence-electron chi connectivity index (χ2n) is 8.60. The van der Waals surface area contributed by atoms with Gasteiger partial charge in [0.15, 0.2) is 5.78 Å². The van der Waals surface area contributed by atoms with Gasteiger partial charge in [0, 0.05) is 36.0 Å². The van der Waals surface area contributed by atoms with Crippen LogP contribution in [0.2, 0.25) is 0 Å². The molecule has 2 aliphatic heterocycles. The minimum atomic E-state index is -1.63. The highest BCUT2D eigenvalue weighted by Crippen LogP contribution is 2.56. The van der Waals surface area contributed by atoms with E-state index in [-0.39, 0.29) is 23.1 Å². The number of hydrogen-bond acceptors (Lipinski definition) is 6. The fraction of sp³-hybridized carbons (Fsp3) is 0.269. The molecule has 0 aromatic heterocycles. The summed E-state index contributed by atoms with van der Waals surface area (Å²) < 4.78 is 5.17. The van der Waals surface area contributed by atoms with Gasteiger partial charge in [-0.05, 0) is 37.5 Å². The van der Waals surface area contributed by atoms with Crippen molar-refractivity contribution in [3.05, 3.63) is 82.3 Å². The molecule has 0 radical (unpaired) electrons. The highest BCUT2D eigenvalue weighted by Gasteiger charge is 2.63. The van der Waals surface area contributed by atoms with E-state index in [1.165, 1.54) is 12.0 Å². The quantitative estimate of drug-likeness (QED) is 0.717. The molecule has 1 amide bonds. The molecule has 168 valence electrons. The van der Waals surface area contributed by atoms with Gasteiger partial charge in [-0.2, -0.15) is 0 Å². The average Bonchev–Trinajstić information content (AvgIpc) is 3.03. The van der Waals surface area contributed by atoms with Crippen molar-refractivity contribution in [3.8, 4) is 0 Å². The van der Waals surface area contributed by atoms with Gasteiger partial charge in [-0.15, -0.1) is 0 Å². The summed E-state index contributed by atoms with van der Waals surface area (Å²) in [4.78, 5) is 44.3. The van der Waals surface area contributed by atoms with Gasteiger partial charge in [0.1, 0.15) is 16.8 Å². The second-order valence-corrected chi connectivity index (χ2v) is 8.60. The number of aryl methyl sites for hydroxylation is 1. The molecule has 0 bridgehead atoms. The van der Waals surface area contributed by atoms with Crippen LogP contribution in [0, 0.1) is 6.92 Å². The number of benzene rings is 2. The SMILES string of the molecule is COC(=O)C1=C(N)N(c2ccccc2C)C2=C(C(=O)CCC2)C12C(=O)N(C)c1ccccc12. The van der Waals surface area contributed by atoms with Crippen molar-refractivity contribution >= 4 is 29.0 Å². The van der Waals surface area contributed by atoms with Crippen LogP contribution in [-0.2, 0) is 24.5 Å². The lowest BCUT2D eigenvalue weighted by Crippen LogP contribution is -2.54. The zero-order valence-corrected chi connectivity index (χ0v) is 18.8. The number of para-hydroxylation sites is 2. The second kappa shape index (κ2) is 7.33. The van der Waals surface area contributed by atoms with Crippen molar-refractivity contribution in [2.75, 3.05) is 24.0 Å². The lowest BCUT2D eigenvalue weighted by molar-refractivity contribution is -0.138. The summed E-state index contributed by atoms with van der Waals surface area (Å²) in [5, 5.41) is 0. The van der Waals surface area contributed by atoms with Crippen LogP contribution in [0.3, 0.4) is 0 Å². The van der Waals surface area contributed by atoms with Crippen LogP contribution >= 0.6 is 0 Å². The van der Waals surface area contributed by atoms with Crippen LogP contribution in [0.25, 0.3) is 0 Å². The molecule has 0 saturated carbocycles. The molecule has 1 aliphatic carbocycles. The smallest absolute Gasteiger partial charge is 0.339 e. The molecule has 33 heavy (non-hydrogen) atoms. The molecular formula is C26H25N3O4. The maximum Gasteiger partial charge on any atom is 0.339 e. The van der Waals surface area contributed by atoms with Gasteiger partial charge in [-0.25, -0.2) is 4.79 Å². The molecule has 0 saturated heterocycles. The van der Waals surface area contributed by atoms with E-state index in [0.717, 1.165) is 11.3 Å². The topological polar surface area (TPSA) is 92.9 Å². The first-order valence-corrected chi connectivity index (χ1v) is 10.9. The molecule has 1 unspecified atom stereocenters. The summed E-state index contributed by atoms with van der Waals surface area (Å²) in [7, 11) is 2.91. The molecule has 2 heterocycles. The number of carbonyl (C=O) groups excluding carboxylic acids is 3. The number of allylic oxidation sites excluding steroid dienone is 1.